The Labute approximate surface area is 142 Å². The first kappa shape index (κ1) is 17.9. The van der Waals surface area contributed by atoms with E-state index < -0.39 is 5.91 Å². The molecule has 1 aliphatic rings. The van der Waals surface area contributed by atoms with Crippen molar-refractivity contribution >= 4 is 11.8 Å². The van der Waals surface area contributed by atoms with Crippen molar-refractivity contribution in [1.82, 2.24) is 5.32 Å². The second kappa shape index (κ2) is 9.61. The summed E-state index contributed by atoms with van der Waals surface area (Å²) in [6.45, 7) is 0.454. The Morgan fingerprint density at radius 3 is 2.67 bits per heavy atom. The van der Waals surface area contributed by atoms with Gasteiger partial charge in [0.05, 0.1) is 12.1 Å². The van der Waals surface area contributed by atoms with Gasteiger partial charge in [-0.3, -0.25) is 9.59 Å². The van der Waals surface area contributed by atoms with Gasteiger partial charge in [0.15, 0.2) is 0 Å². The quantitative estimate of drug-likeness (QED) is 0.786. The molecule has 0 unspecified atom stereocenters. The molecule has 0 bridgehead atoms. The van der Waals surface area contributed by atoms with Gasteiger partial charge in [0.1, 0.15) is 12.4 Å². The normalized spacial score (nSPS) is 14.3. The van der Waals surface area contributed by atoms with Crippen LogP contribution in [-0.2, 0) is 4.79 Å². The maximum atomic E-state index is 11.8. The SMILES string of the molecule is NC(=O)c1ccccc1OCC#CCNC(=O)CC1CCCCC1. The van der Waals surface area contributed by atoms with Gasteiger partial charge < -0.3 is 15.8 Å². The zero-order valence-corrected chi connectivity index (χ0v) is 13.8. The number of carbonyl (C=O) groups excluding carboxylic acids is 2. The van der Waals surface area contributed by atoms with Crippen LogP contribution in [0.4, 0.5) is 0 Å². The number of para-hydroxylation sites is 1. The van der Waals surface area contributed by atoms with Gasteiger partial charge in [-0.1, -0.05) is 43.2 Å². The van der Waals surface area contributed by atoms with Gasteiger partial charge >= 0.3 is 0 Å². The van der Waals surface area contributed by atoms with Crippen LogP contribution < -0.4 is 15.8 Å². The fraction of sp³-hybridized carbons (Fsp3) is 0.474. The average Bonchev–Trinajstić information content (AvgIpc) is 2.59. The summed E-state index contributed by atoms with van der Waals surface area (Å²) in [5.74, 6) is 6.15. The van der Waals surface area contributed by atoms with E-state index in [9.17, 15) is 9.59 Å². The third kappa shape index (κ3) is 5.96. The molecule has 2 rings (SSSR count). The van der Waals surface area contributed by atoms with Crippen LogP contribution in [-0.4, -0.2) is 25.0 Å². The lowest BCUT2D eigenvalue weighted by atomic mass is 9.87. The minimum atomic E-state index is -0.534. The zero-order chi connectivity index (χ0) is 17.2. The molecule has 0 heterocycles. The Morgan fingerprint density at radius 1 is 1.17 bits per heavy atom. The molecule has 3 N–H and O–H groups in total. The number of carbonyl (C=O) groups is 2. The van der Waals surface area contributed by atoms with E-state index >= 15 is 0 Å². The van der Waals surface area contributed by atoms with Crippen molar-refractivity contribution in [2.45, 2.75) is 38.5 Å². The second-order valence-electron chi connectivity index (χ2n) is 5.99. The first-order chi connectivity index (χ1) is 11.7. The highest BCUT2D eigenvalue weighted by atomic mass is 16.5. The van der Waals surface area contributed by atoms with Gasteiger partial charge in [-0.05, 0) is 30.9 Å². The predicted molar refractivity (Wildman–Crippen MR) is 92.4 cm³/mol. The average molecular weight is 328 g/mol. The Bertz CT molecular complexity index is 625. The summed E-state index contributed by atoms with van der Waals surface area (Å²) in [6.07, 6.45) is 6.69. The van der Waals surface area contributed by atoms with Crippen LogP contribution in [0.25, 0.3) is 0 Å². The first-order valence-electron chi connectivity index (χ1n) is 8.41. The smallest absolute Gasteiger partial charge is 0.252 e. The molecule has 0 aromatic heterocycles. The van der Waals surface area contributed by atoms with Crippen LogP contribution >= 0.6 is 0 Å². The molecule has 1 aromatic carbocycles. The second-order valence-corrected chi connectivity index (χ2v) is 5.99. The molecule has 2 amide bonds. The lowest BCUT2D eigenvalue weighted by molar-refractivity contribution is -0.122. The molecular weight excluding hydrogens is 304 g/mol. The maximum Gasteiger partial charge on any atom is 0.252 e. The maximum absolute atomic E-state index is 11.8. The van der Waals surface area contributed by atoms with E-state index in [1.165, 1.54) is 19.3 Å². The van der Waals surface area contributed by atoms with Gasteiger partial charge in [0.2, 0.25) is 5.91 Å². The number of hydrogen-bond donors (Lipinski definition) is 2. The van der Waals surface area contributed by atoms with Crippen LogP contribution in [0, 0.1) is 17.8 Å². The van der Waals surface area contributed by atoms with E-state index in [2.05, 4.69) is 17.2 Å². The number of rotatable bonds is 6. The number of nitrogens with two attached hydrogens (primary N) is 1. The van der Waals surface area contributed by atoms with E-state index in [1.807, 2.05) is 0 Å². The Morgan fingerprint density at radius 2 is 1.92 bits per heavy atom. The summed E-state index contributed by atoms with van der Waals surface area (Å²) in [5.41, 5.74) is 5.61. The van der Waals surface area contributed by atoms with Gasteiger partial charge in [-0.2, -0.15) is 0 Å². The summed E-state index contributed by atoms with van der Waals surface area (Å²) < 4.78 is 5.44. The van der Waals surface area contributed by atoms with Crippen molar-refractivity contribution in [3.63, 3.8) is 0 Å². The van der Waals surface area contributed by atoms with E-state index in [4.69, 9.17) is 10.5 Å². The number of ether oxygens (including phenoxy) is 1. The molecule has 1 aromatic rings. The molecule has 0 atom stereocenters. The molecular formula is C19H24N2O3. The number of primary amides is 1. The van der Waals surface area contributed by atoms with E-state index in [0.717, 1.165) is 12.8 Å². The lowest BCUT2D eigenvalue weighted by Gasteiger charge is -2.20. The van der Waals surface area contributed by atoms with Gasteiger partial charge in [-0.15, -0.1) is 0 Å². The van der Waals surface area contributed by atoms with Crippen molar-refractivity contribution in [3.8, 4) is 17.6 Å². The zero-order valence-electron chi connectivity index (χ0n) is 13.8. The number of hydrogen-bond acceptors (Lipinski definition) is 3. The minimum Gasteiger partial charge on any atom is -0.480 e. The van der Waals surface area contributed by atoms with Crippen LogP contribution in [0.2, 0.25) is 0 Å². The molecule has 1 fully saturated rings. The van der Waals surface area contributed by atoms with Crippen molar-refractivity contribution in [2.75, 3.05) is 13.2 Å². The standard InChI is InChI=1S/C19H24N2O3/c20-19(23)16-10-4-5-11-17(16)24-13-7-6-12-21-18(22)14-15-8-2-1-3-9-15/h4-5,10-11,15H,1-3,8-9,12-14H2,(H2,20,23)(H,21,22). The van der Waals surface area contributed by atoms with Crippen LogP contribution in [0.5, 0.6) is 5.75 Å². The summed E-state index contributed by atoms with van der Waals surface area (Å²) in [7, 11) is 0. The molecule has 0 spiro atoms. The predicted octanol–water partition coefficient (Wildman–Crippen LogP) is 2.25. The van der Waals surface area contributed by atoms with Crippen molar-refractivity contribution in [2.24, 2.45) is 11.7 Å². The molecule has 1 aliphatic carbocycles. The summed E-state index contributed by atoms with van der Waals surface area (Å²) in [6, 6.07) is 6.77. The molecule has 0 aliphatic heterocycles. The summed E-state index contributed by atoms with van der Waals surface area (Å²) in [4.78, 5) is 23.1. The molecule has 0 saturated heterocycles. The molecule has 128 valence electrons. The van der Waals surface area contributed by atoms with Crippen molar-refractivity contribution < 1.29 is 14.3 Å². The third-order valence-electron chi connectivity index (χ3n) is 4.15. The summed E-state index contributed by atoms with van der Waals surface area (Å²) >= 11 is 0. The lowest BCUT2D eigenvalue weighted by Crippen LogP contribution is -2.26. The van der Waals surface area contributed by atoms with Crippen molar-refractivity contribution in [3.05, 3.63) is 29.8 Å². The fourth-order valence-electron chi connectivity index (χ4n) is 2.89. The first-order valence-corrected chi connectivity index (χ1v) is 8.41. The van der Waals surface area contributed by atoms with Crippen LogP contribution in [0.1, 0.15) is 48.9 Å². The Balaban J connectivity index is 1.67. The monoisotopic (exact) mass is 328 g/mol. The van der Waals surface area contributed by atoms with Gasteiger partial charge in [0, 0.05) is 6.42 Å². The van der Waals surface area contributed by atoms with Crippen LogP contribution in [0.3, 0.4) is 0 Å². The van der Waals surface area contributed by atoms with E-state index in [0.29, 0.717) is 30.2 Å². The third-order valence-corrected chi connectivity index (χ3v) is 4.15. The van der Waals surface area contributed by atoms with E-state index in [-0.39, 0.29) is 12.5 Å². The van der Waals surface area contributed by atoms with E-state index in [1.54, 1.807) is 24.3 Å². The molecule has 5 nitrogen and oxygen atoms in total. The molecule has 5 heteroatoms. The minimum absolute atomic E-state index is 0.0659. The topological polar surface area (TPSA) is 81.4 Å². The highest BCUT2D eigenvalue weighted by Gasteiger charge is 2.16. The largest absolute Gasteiger partial charge is 0.480 e. The molecule has 1 saturated carbocycles. The van der Waals surface area contributed by atoms with Gasteiger partial charge in [-0.25, -0.2) is 0 Å². The highest BCUT2D eigenvalue weighted by molar-refractivity contribution is 5.95. The number of nitrogens with one attached hydrogen (secondary N) is 1. The van der Waals surface area contributed by atoms with Crippen molar-refractivity contribution in [1.29, 1.82) is 0 Å². The van der Waals surface area contributed by atoms with Crippen LogP contribution in [0.15, 0.2) is 24.3 Å². The Kier molecular flexibility index (Phi) is 7.16. The number of amides is 2. The molecule has 0 radical (unpaired) electrons. The fourth-order valence-corrected chi connectivity index (χ4v) is 2.89. The Hall–Kier alpha value is -2.48. The summed E-state index contributed by atoms with van der Waals surface area (Å²) in [5, 5.41) is 2.82. The molecule has 24 heavy (non-hydrogen) atoms. The van der Waals surface area contributed by atoms with Gasteiger partial charge in [0.25, 0.3) is 5.91 Å². The highest BCUT2D eigenvalue weighted by Crippen LogP contribution is 2.25. The number of benzene rings is 1.